The Hall–Kier alpha value is -1.39. The lowest BCUT2D eigenvalue weighted by Crippen LogP contribution is -2.26. The first-order chi connectivity index (χ1) is 9.63. The summed E-state index contributed by atoms with van der Waals surface area (Å²) in [5, 5.41) is 2.77. The summed E-state index contributed by atoms with van der Waals surface area (Å²) in [7, 11) is 0. The maximum Gasteiger partial charge on any atom is 0.252 e. The van der Waals surface area contributed by atoms with Gasteiger partial charge in [0.15, 0.2) is 17.5 Å². The summed E-state index contributed by atoms with van der Waals surface area (Å²) in [5.74, 6) is -0.837. The molecule has 1 aliphatic rings. The molecule has 3 nitrogen and oxygen atoms in total. The Balaban J connectivity index is 2.10. The predicted molar refractivity (Wildman–Crippen MR) is 75.0 cm³/mol. The molecule has 0 aromatic carbocycles. The van der Waals surface area contributed by atoms with Gasteiger partial charge in [-0.05, 0) is 32.1 Å². The number of hydrogen-bond acceptors (Lipinski definition) is 3. The van der Waals surface area contributed by atoms with E-state index in [9.17, 15) is 8.78 Å². The van der Waals surface area contributed by atoms with Crippen molar-refractivity contribution in [3.05, 3.63) is 17.7 Å². The minimum Gasteiger partial charge on any atom is -0.472 e. The van der Waals surface area contributed by atoms with Crippen LogP contribution in [0.4, 0.5) is 14.6 Å². The average molecular weight is 284 g/mol. The molecular formula is C15H22F2N2O. The van der Waals surface area contributed by atoms with Crippen molar-refractivity contribution in [3.63, 3.8) is 0 Å². The molecule has 1 aromatic rings. The van der Waals surface area contributed by atoms with Gasteiger partial charge in [0.05, 0.1) is 0 Å². The number of rotatable bonds is 5. The Bertz CT molecular complexity index is 454. The second kappa shape index (κ2) is 6.86. The fourth-order valence-corrected chi connectivity index (χ4v) is 2.70. The molecule has 1 saturated carbocycles. The number of nitrogens with zero attached hydrogens (tertiary/aromatic N) is 1. The van der Waals surface area contributed by atoms with Crippen LogP contribution in [0, 0.1) is 17.6 Å². The summed E-state index contributed by atoms with van der Waals surface area (Å²) in [5.41, 5.74) is 0. The zero-order chi connectivity index (χ0) is 14.5. The predicted octanol–water partition coefficient (Wildman–Crippen LogP) is 4.14. The lowest BCUT2D eigenvalue weighted by atomic mass is 9.85. The molecule has 0 radical (unpaired) electrons. The SMILES string of the molecule is CCNc1nc(OC2CCCC(CC)C2)c(F)cc1F. The monoisotopic (exact) mass is 284 g/mol. The van der Waals surface area contributed by atoms with Crippen molar-refractivity contribution < 1.29 is 13.5 Å². The number of nitrogens with one attached hydrogen (secondary N) is 1. The Labute approximate surface area is 118 Å². The zero-order valence-electron chi connectivity index (χ0n) is 12.1. The Morgan fingerprint density at radius 1 is 1.30 bits per heavy atom. The van der Waals surface area contributed by atoms with Gasteiger partial charge in [0, 0.05) is 12.6 Å². The number of hydrogen-bond donors (Lipinski definition) is 1. The van der Waals surface area contributed by atoms with Crippen LogP contribution in [0.15, 0.2) is 6.07 Å². The molecule has 0 spiro atoms. The van der Waals surface area contributed by atoms with Crippen LogP contribution in [0.1, 0.15) is 46.0 Å². The highest BCUT2D eigenvalue weighted by Gasteiger charge is 2.24. The molecule has 1 aromatic heterocycles. The van der Waals surface area contributed by atoms with Gasteiger partial charge < -0.3 is 10.1 Å². The van der Waals surface area contributed by atoms with E-state index in [0.29, 0.717) is 12.5 Å². The first-order valence-corrected chi connectivity index (χ1v) is 7.40. The smallest absolute Gasteiger partial charge is 0.252 e. The molecular weight excluding hydrogens is 262 g/mol. The lowest BCUT2D eigenvalue weighted by Gasteiger charge is -2.28. The summed E-state index contributed by atoms with van der Waals surface area (Å²) in [6, 6.07) is 0.834. The van der Waals surface area contributed by atoms with Crippen molar-refractivity contribution in [1.82, 2.24) is 4.98 Å². The summed E-state index contributed by atoms with van der Waals surface area (Å²) < 4.78 is 32.9. The highest BCUT2D eigenvalue weighted by Crippen LogP contribution is 2.30. The number of anilines is 1. The quantitative estimate of drug-likeness (QED) is 0.882. The van der Waals surface area contributed by atoms with Crippen LogP contribution in [0.5, 0.6) is 5.88 Å². The number of ether oxygens (including phenoxy) is 1. The molecule has 0 amide bonds. The second-order valence-electron chi connectivity index (χ2n) is 5.32. The highest BCUT2D eigenvalue weighted by atomic mass is 19.1. The van der Waals surface area contributed by atoms with Gasteiger partial charge in [-0.1, -0.05) is 19.8 Å². The molecule has 0 aliphatic heterocycles. The summed E-state index contributed by atoms with van der Waals surface area (Å²) in [6.45, 7) is 4.52. The third-order valence-electron chi connectivity index (χ3n) is 3.83. The Morgan fingerprint density at radius 3 is 2.80 bits per heavy atom. The summed E-state index contributed by atoms with van der Waals surface area (Å²) in [6.07, 6.45) is 5.22. The number of aromatic nitrogens is 1. The van der Waals surface area contributed by atoms with Crippen LogP contribution in [0.25, 0.3) is 0 Å². The molecule has 1 fully saturated rings. The van der Waals surface area contributed by atoms with Gasteiger partial charge in [-0.2, -0.15) is 4.98 Å². The first-order valence-electron chi connectivity index (χ1n) is 7.40. The molecule has 1 N–H and O–H groups in total. The molecule has 1 aliphatic carbocycles. The minimum absolute atomic E-state index is 0.0179. The number of pyridine rings is 1. The average Bonchev–Trinajstić information content (AvgIpc) is 2.44. The van der Waals surface area contributed by atoms with Crippen molar-refractivity contribution in [2.75, 3.05) is 11.9 Å². The Kier molecular flexibility index (Phi) is 5.15. The van der Waals surface area contributed by atoms with Crippen LogP contribution < -0.4 is 10.1 Å². The zero-order valence-corrected chi connectivity index (χ0v) is 12.1. The fourth-order valence-electron chi connectivity index (χ4n) is 2.70. The van der Waals surface area contributed by atoms with Crippen molar-refractivity contribution in [2.24, 2.45) is 5.92 Å². The van der Waals surface area contributed by atoms with E-state index in [1.165, 1.54) is 6.42 Å². The third-order valence-corrected chi connectivity index (χ3v) is 3.83. The maximum absolute atomic E-state index is 13.7. The van der Waals surface area contributed by atoms with Gasteiger partial charge >= 0.3 is 0 Å². The van der Waals surface area contributed by atoms with E-state index < -0.39 is 11.6 Å². The Morgan fingerprint density at radius 2 is 2.10 bits per heavy atom. The van der Waals surface area contributed by atoms with Gasteiger partial charge in [-0.25, -0.2) is 8.78 Å². The van der Waals surface area contributed by atoms with E-state index >= 15 is 0 Å². The van der Waals surface area contributed by atoms with Crippen LogP contribution in [0.3, 0.4) is 0 Å². The molecule has 2 atom stereocenters. The van der Waals surface area contributed by atoms with E-state index in [0.717, 1.165) is 31.7 Å². The standard InChI is InChI=1S/C15H22F2N2O/c1-3-10-6-5-7-11(8-10)20-15-13(17)9-12(16)14(19-15)18-4-2/h9-11H,3-8H2,1-2H3,(H,18,19). The van der Waals surface area contributed by atoms with Crippen molar-refractivity contribution in [3.8, 4) is 5.88 Å². The van der Waals surface area contributed by atoms with Crippen molar-refractivity contribution in [2.45, 2.75) is 52.1 Å². The lowest BCUT2D eigenvalue weighted by molar-refractivity contribution is 0.112. The van der Waals surface area contributed by atoms with Gasteiger partial charge in [0.1, 0.15) is 6.10 Å². The van der Waals surface area contributed by atoms with Crippen LogP contribution in [0.2, 0.25) is 0 Å². The van der Waals surface area contributed by atoms with E-state index in [2.05, 4.69) is 17.2 Å². The topological polar surface area (TPSA) is 34.2 Å². The number of halogens is 2. The molecule has 2 unspecified atom stereocenters. The molecule has 0 bridgehead atoms. The van der Waals surface area contributed by atoms with E-state index in [4.69, 9.17) is 4.74 Å². The van der Waals surface area contributed by atoms with Gasteiger partial charge in [-0.15, -0.1) is 0 Å². The molecule has 1 heterocycles. The van der Waals surface area contributed by atoms with Gasteiger partial charge in [0.2, 0.25) is 0 Å². The van der Waals surface area contributed by atoms with Crippen molar-refractivity contribution >= 4 is 5.82 Å². The van der Waals surface area contributed by atoms with Gasteiger partial charge in [0.25, 0.3) is 5.88 Å². The highest BCUT2D eigenvalue weighted by molar-refractivity contribution is 5.39. The molecule has 2 rings (SSSR count). The van der Waals surface area contributed by atoms with Crippen LogP contribution in [-0.4, -0.2) is 17.6 Å². The summed E-state index contributed by atoms with van der Waals surface area (Å²) >= 11 is 0. The fraction of sp³-hybridized carbons (Fsp3) is 0.667. The molecule has 112 valence electrons. The van der Waals surface area contributed by atoms with E-state index in [1.54, 1.807) is 0 Å². The first kappa shape index (κ1) is 15.0. The van der Waals surface area contributed by atoms with Crippen molar-refractivity contribution in [1.29, 1.82) is 0 Å². The third kappa shape index (κ3) is 3.58. The van der Waals surface area contributed by atoms with Crippen LogP contribution in [-0.2, 0) is 0 Å². The molecule has 5 heteroatoms. The van der Waals surface area contributed by atoms with E-state index in [1.807, 2.05) is 6.92 Å². The second-order valence-corrected chi connectivity index (χ2v) is 5.32. The summed E-state index contributed by atoms with van der Waals surface area (Å²) in [4.78, 5) is 3.92. The molecule has 20 heavy (non-hydrogen) atoms. The minimum atomic E-state index is -0.734. The molecule has 0 saturated heterocycles. The normalized spacial score (nSPS) is 22.6. The van der Waals surface area contributed by atoms with Crippen LogP contribution >= 0.6 is 0 Å². The largest absolute Gasteiger partial charge is 0.472 e. The van der Waals surface area contributed by atoms with E-state index in [-0.39, 0.29) is 17.8 Å². The van der Waals surface area contributed by atoms with Gasteiger partial charge in [-0.3, -0.25) is 0 Å². The maximum atomic E-state index is 13.7.